The number of aromatic carboxylic acids is 1. The van der Waals surface area contributed by atoms with Gasteiger partial charge in [0.05, 0.1) is 0 Å². The molecule has 0 saturated heterocycles. The molecule has 84 valence electrons. The minimum atomic E-state index is -1.07. The second-order valence-corrected chi connectivity index (χ2v) is 2.69. The van der Waals surface area contributed by atoms with Crippen LogP contribution in [0.2, 0.25) is 0 Å². The van der Waals surface area contributed by atoms with Crippen LogP contribution in [0.15, 0.2) is 11.4 Å². The second-order valence-electron chi connectivity index (χ2n) is 2.09. The highest BCUT2D eigenvalue weighted by atomic mass is 32.2. The summed E-state index contributed by atoms with van der Waals surface area (Å²) in [6.45, 7) is 4.00. The van der Waals surface area contributed by atoms with Gasteiger partial charge in [-0.25, -0.2) is 14.8 Å². The molecule has 0 radical (unpaired) electrons. The van der Waals surface area contributed by atoms with Gasteiger partial charge in [-0.05, 0) is 11.9 Å². The van der Waals surface area contributed by atoms with Gasteiger partial charge in [-0.2, -0.15) is 0 Å². The molecule has 1 rings (SSSR count). The van der Waals surface area contributed by atoms with Crippen LogP contribution in [0.3, 0.4) is 0 Å². The van der Waals surface area contributed by atoms with Crippen LogP contribution in [0.1, 0.15) is 24.2 Å². The molecule has 0 aromatic carbocycles. The van der Waals surface area contributed by atoms with E-state index >= 15 is 0 Å². The van der Waals surface area contributed by atoms with Gasteiger partial charge in [0.2, 0.25) is 5.16 Å². The standard InChI is InChI=1S/C6H8N4O2S.C2H6/c1-8-4-3(5(11)12)2-9-6(10-4)13-7;1-2/h2H,7H2,1H3,(H,11,12)(H,8,9,10);1-2H3. The molecule has 15 heavy (non-hydrogen) atoms. The van der Waals surface area contributed by atoms with Crippen molar-refractivity contribution in [2.24, 2.45) is 5.14 Å². The van der Waals surface area contributed by atoms with Crippen molar-refractivity contribution in [2.45, 2.75) is 19.0 Å². The Morgan fingerprint density at radius 1 is 1.60 bits per heavy atom. The summed E-state index contributed by atoms with van der Waals surface area (Å²) in [5.74, 6) is -0.812. The summed E-state index contributed by atoms with van der Waals surface area (Å²) < 4.78 is 0. The Kier molecular flexibility index (Phi) is 6.39. The molecular weight excluding hydrogens is 216 g/mol. The molecular formula is C8H14N4O2S. The van der Waals surface area contributed by atoms with Gasteiger partial charge in [0.25, 0.3) is 0 Å². The van der Waals surface area contributed by atoms with E-state index in [0.29, 0.717) is 5.16 Å². The van der Waals surface area contributed by atoms with Gasteiger partial charge < -0.3 is 10.4 Å². The highest BCUT2D eigenvalue weighted by Gasteiger charge is 2.11. The molecule has 0 aliphatic carbocycles. The number of hydrogen-bond donors (Lipinski definition) is 3. The van der Waals surface area contributed by atoms with E-state index in [1.54, 1.807) is 7.05 Å². The van der Waals surface area contributed by atoms with Gasteiger partial charge in [-0.1, -0.05) is 13.8 Å². The van der Waals surface area contributed by atoms with Crippen LogP contribution in [0.5, 0.6) is 0 Å². The van der Waals surface area contributed by atoms with Crippen LogP contribution in [0, 0.1) is 0 Å². The number of nitrogens with one attached hydrogen (secondary N) is 1. The monoisotopic (exact) mass is 230 g/mol. The zero-order chi connectivity index (χ0) is 11.8. The third-order valence-electron chi connectivity index (χ3n) is 1.34. The number of carboxylic acids is 1. The lowest BCUT2D eigenvalue weighted by molar-refractivity contribution is 0.0697. The minimum Gasteiger partial charge on any atom is -0.477 e. The smallest absolute Gasteiger partial charge is 0.341 e. The van der Waals surface area contributed by atoms with Crippen molar-refractivity contribution < 1.29 is 9.90 Å². The third-order valence-corrected chi connectivity index (χ3v) is 1.75. The van der Waals surface area contributed by atoms with Gasteiger partial charge in [0.15, 0.2) is 0 Å². The normalized spacial score (nSPS) is 8.80. The van der Waals surface area contributed by atoms with Crippen molar-refractivity contribution in [2.75, 3.05) is 12.4 Å². The first-order chi connectivity index (χ1) is 7.19. The molecule has 0 fully saturated rings. The van der Waals surface area contributed by atoms with Crippen LogP contribution in [-0.4, -0.2) is 28.1 Å². The second kappa shape index (κ2) is 7.02. The molecule has 0 bridgehead atoms. The lowest BCUT2D eigenvalue weighted by Crippen LogP contribution is -2.07. The topological polar surface area (TPSA) is 101 Å². The lowest BCUT2D eigenvalue weighted by atomic mass is 10.3. The summed E-state index contributed by atoms with van der Waals surface area (Å²) in [5, 5.41) is 16.9. The van der Waals surface area contributed by atoms with E-state index in [0.717, 1.165) is 11.9 Å². The first-order valence-electron chi connectivity index (χ1n) is 4.34. The van der Waals surface area contributed by atoms with Gasteiger partial charge >= 0.3 is 5.97 Å². The third kappa shape index (κ3) is 3.72. The SMILES string of the molecule is CC.CNc1nc(SN)ncc1C(=O)O. The Hall–Kier alpha value is -1.34. The number of rotatable bonds is 3. The average molecular weight is 230 g/mol. The van der Waals surface area contributed by atoms with Gasteiger partial charge in [0, 0.05) is 13.2 Å². The van der Waals surface area contributed by atoms with E-state index in [4.69, 9.17) is 10.2 Å². The number of nitrogens with two attached hydrogens (primary N) is 1. The molecule has 7 heteroatoms. The van der Waals surface area contributed by atoms with Crippen LogP contribution < -0.4 is 10.5 Å². The van der Waals surface area contributed by atoms with E-state index in [1.807, 2.05) is 13.8 Å². The van der Waals surface area contributed by atoms with Gasteiger partial charge in [-0.15, -0.1) is 0 Å². The Labute approximate surface area is 92.4 Å². The molecule has 0 atom stereocenters. The number of anilines is 1. The van der Waals surface area contributed by atoms with Crippen LogP contribution in [0.4, 0.5) is 5.82 Å². The summed E-state index contributed by atoms with van der Waals surface area (Å²) in [5.41, 5.74) is 0.0281. The molecule has 0 unspecified atom stereocenters. The molecule has 1 aromatic heterocycles. The maximum atomic E-state index is 10.6. The number of nitrogens with zero attached hydrogens (tertiary/aromatic N) is 2. The molecule has 4 N–H and O–H groups in total. The Balaban J connectivity index is 0.000000921. The largest absolute Gasteiger partial charge is 0.477 e. The maximum Gasteiger partial charge on any atom is 0.341 e. The number of carboxylic acid groups (broad SMARTS) is 1. The minimum absolute atomic E-state index is 0.0281. The van der Waals surface area contributed by atoms with Crippen molar-refractivity contribution in [3.63, 3.8) is 0 Å². The molecule has 1 aromatic rings. The zero-order valence-corrected chi connectivity index (χ0v) is 9.63. The Bertz CT molecular complexity index is 332. The fourth-order valence-corrected chi connectivity index (χ4v) is 1.03. The van der Waals surface area contributed by atoms with E-state index < -0.39 is 5.97 Å². The predicted molar refractivity (Wildman–Crippen MR) is 59.9 cm³/mol. The van der Waals surface area contributed by atoms with Crippen molar-refractivity contribution in [3.05, 3.63) is 11.8 Å². The fourth-order valence-electron chi connectivity index (χ4n) is 0.770. The van der Waals surface area contributed by atoms with Crippen LogP contribution in [-0.2, 0) is 0 Å². The van der Waals surface area contributed by atoms with Gasteiger partial charge in [-0.3, -0.25) is 5.14 Å². The Morgan fingerprint density at radius 3 is 2.60 bits per heavy atom. The molecule has 0 aliphatic heterocycles. The molecule has 6 nitrogen and oxygen atoms in total. The molecule has 0 saturated carbocycles. The van der Waals surface area contributed by atoms with Crippen molar-refractivity contribution in [1.29, 1.82) is 0 Å². The zero-order valence-electron chi connectivity index (χ0n) is 8.81. The molecule has 0 spiro atoms. The van der Waals surface area contributed by atoms with Crippen molar-refractivity contribution in [1.82, 2.24) is 9.97 Å². The summed E-state index contributed by atoms with van der Waals surface area (Å²) in [6.07, 6.45) is 1.22. The van der Waals surface area contributed by atoms with Crippen molar-refractivity contribution >= 4 is 23.7 Å². The summed E-state index contributed by atoms with van der Waals surface area (Å²) in [6, 6.07) is 0. The number of carbonyl (C=O) groups is 1. The fraction of sp³-hybridized carbons (Fsp3) is 0.375. The van der Waals surface area contributed by atoms with E-state index in [2.05, 4.69) is 15.3 Å². The van der Waals surface area contributed by atoms with E-state index in [9.17, 15) is 4.79 Å². The number of hydrogen-bond acceptors (Lipinski definition) is 6. The first-order valence-corrected chi connectivity index (χ1v) is 5.21. The maximum absolute atomic E-state index is 10.6. The van der Waals surface area contributed by atoms with Gasteiger partial charge in [0.1, 0.15) is 11.4 Å². The number of aromatic nitrogens is 2. The average Bonchev–Trinajstić information content (AvgIpc) is 2.30. The summed E-state index contributed by atoms with van der Waals surface area (Å²) in [4.78, 5) is 18.2. The van der Waals surface area contributed by atoms with Crippen molar-refractivity contribution in [3.8, 4) is 0 Å². The van der Waals surface area contributed by atoms with Crippen LogP contribution >= 0.6 is 11.9 Å². The van der Waals surface area contributed by atoms with Crippen LogP contribution in [0.25, 0.3) is 0 Å². The molecule has 0 aliphatic rings. The predicted octanol–water partition coefficient (Wildman–Crippen LogP) is 1.21. The Morgan fingerprint density at radius 2 is 2.20 bits per heavy atom. The van der Waals surface area contributed by atoms with E-state index in [1.165, 1.54) is 6.20 Å². The quantitative estimate of drug-likeness (QED) is 0.530. The lowest BCUT2D eigenvalue weighted by Gasteiger charge is -2.03. The summed E-state index contributed by atoms with van der Waals surface area (Å²) >= 11 is 0.864. The summed E-state index contributed by atoms with van der Waals surface area (Å²) in [7, 11) is 1.58. The first kappa shape index (κ1) is 13.7. The molecule has 0 amide bonds. The molecule has 1 heterocycles. The van der Waals surface area contributed by atoms with E-state index in [-0.39, 0.29) is 11.4 Å². The highest BCUT2D eigenvalue weighted by molar-refractivity contribution is 7.96. The highest BCUT2D eigenvalue weighted by Crippen LogP contribution is 2.14.